The second kappa shape index (κ2) is 8.11. The Labute approximate surface area is 160 Å². The average molecular weight is 379 g/mol. The van der Waals surface area contributed by atoms with Gasteiger partial charge in [0.1, 0.15) is 11.9 Å². The third-order valence-corrected chi connectivity index (χ3v) is 6.17. The Morgan fingerprint density at radius 3 is 2.73 bits per heavy atom. The summed E-state index contributed by atoms with van der Waals surface area (Å²) in [5.41, 5.74) is 0. The van der Waals surface area contributed by atoms with Crippen LogP contribution in [0.2, 0.25) is 5.02 Å². The topological polar surface area (TPSA) is 48.9 Å². The molecule has 1 aromatic rings. The summed E-state index contributed by atoms with van der Waals surface area (Å²) in [6, 6.07) is 3.58. The van der Waals surface area contributed by atoms with Gasteiger partial charge in [-0.05, 0) is 30.9 Å². The molecule has 0 spiro atoms. The molecule has 3 aliphatic rings. The van der Waals surface area contributed by atoms with Gasteiger partial charge in [0.25, 0.3) is 0 Å². The Balaban J connectivity index is 1.35. The molecule has 0 N–H and O–H groups in total. The number of hydrogen-bond acceptors (Lipinski definition) is 5. The van der Waals surface area contributed by atoms with Crippen LogP contribution in [0.1, 0.15) is 19.3 Å². The lowest BCUT2D eigenvalue weighted by atomic mass is 9.84. The molecule has 1 atom stereocenters. The predicted octanol–water partition coefficient (Wildman–Crippen LogP) is 1.88. The summed E-state index contributed by atoms with van der Waals surface area (Å²) in [6.07, 6.45) is 5.71. The first-order chi connectivity index (χ1) is 12.7. The molecule has 26 heavy (non-hydrogen) atoms. The number of halogens is 1. The van der Waals surface area contributed by atoms with Crippen LogP contribution in [0, 0.1) is 5.92 Å². The van der Waals surface area contributed by atoms with Crippen LogP contribution in [0.4, 0.5) is 5.82 Å². The standard InChI is InChI=1S/C19H27ClN4O2/c20-16-5-2-6-21-18(16)22-7-9-23(10-8-22)19(25)17-14-26-12-11-24(17)13-15-3-1-4-15/h2,5-6,15,17H,1,3-4,7-14H2/t17-/m1/s1. The fourth-order valence-corrected chi connectivity index (χ4v) is 4.29. The second-order valence-corrected chi connectivity index (χ2v) is 7.91. The molecule has 0 radical (unpaired) electrons. The van der Waals surface area contributed by atoms with E-state index in [0.717, 1.165) is 44.5 Å². The van der Waals surface area contributed by atoms with Crippen LogP contribution in [0.25, 0.3) is 0 Å². The number of rotatable bonds is 4. The number of anilines is 1. The molecule has 142 valence electrons. The van der Waals surface area contributed by atoms with Crippen molar-refractivity contribution < 1.29 is 9.53 Å². The molecule has 2 aliphatic heterocycles. The van der Waals surface area contributed by atoms with E-state index in [2.05, 4.69) is 14.8 Å². The molecule has 3 fully saturated rings. The first-order valence-corrected chi connectivity index (χ1v) is 10.1. The van der Waals surface area contributed by atoms with Gasteiger partial charge < -0.3 is 14.5 Å². The summed E-state index contributed by atoms with van der Waals surface area (Å²) < 4.78 is 5.64. The van der Waals surface area contributed by atoms with Crippen molar-refractivity contribution in [3.8, 4) is 0 Å². The summed E-state index contributed by atoms with van der Waals surface area (Å²) in [7, 11) is 0. The molecule has 0 bridgehead atoms. The van der Waals surface area contributed by atoms with Crippen LogP contribution in [0.5, 0.6) is 0 Å². The minimum absolute atomic E-state index is 0.116. The predicted molar refractivity (Wildman–Crippen MR) is 102 cm³/mol. The van der Waals surface area contributed by atoms with Gasteiger partial charge in [-0.3, -0.25) is 9.69 Å². The number of carbonyl (C=O) groups is 1. The smallest absolute Gasteiger partial charge is 0.242 e. The Kier molecular flexibility index (Phi) is 5.62. The van der Waals surface area contributed by atoms with Crippen molar-refractivity contribution in [3.63, 3.8) is 0 Å². The van der Waals surface area contributed by atoms with Crippen LogP contribution in [0.3, 0.4) is 0 Å². The fourth-order valence-electron chi connectivity index (χ4n) is 4.05. The number of piperazine rings is 1. The maximum absolute atomic E-state index is 13.1. The number of nitrogens with zero attached hydrogens (tertiary/aromatic N) is 4. The zero-order chi connectivity index (χ0) is 17.9. The molecular weight excluding hydrogens is 352 g/mol. The summed E-state index contributed by atoms with van der Waals surface area (Å²) in [4.78, 5) is 24.0. The largest absolute Gasteiger partial charge is 0.378 e. The van der Waals surface area contributed by atoms with Crippen LogP contribution in [0.15, 0.2) is 18.3 Å². The normalized spacial score (nSPS) is 25.2. The number of hydrogen-bond donors (Lipinski definition) is 0. The van der Waals surface area contributed by atoms with Gasteiger partial charge in [-0.1, -0.05) is 18.0 Å². The van der Waals surface area contributed by atoms with Crippen molar-refractivity contribution in [2.75, 3.05) is 57.4 Å². The molecule has 0 unspecified atom stereocenters. The van der Waals surface area contributed by atoms with Gasteiger partial charge in [-0.15, -0.1) is 0 Å². The molecule has 3 heterocycles. The van der Waals surface area contributed by atoms with E-state index >= 15 is 0 Å². The Morgan fingerprint density at radius 1 is 1.23 bits per heavy atom. The molecule has 6 nitrogen and oxygen atoms in total. The number of morpholine rings is 1. The minimum Gasteiger partial charge on any atom is -0.378 e. The van der Waals surface area contributed by atoms with E-state index in [0.29, 0.717) is 24.7 Å². The molecule has 1 aromatic heterocycles. The van der Waals surface area contributed by atoms with E-state index < -0.39 is 0 Å². The third-order valence-electron chi connectivity index (χ3n) is 5.87. The Hall–Kier alpha value is -1.37. The molecule has 1 saturated carbocycles. The maximum atomic E-state index is 13.1. The highest BCUT2D eigenvalue weighted by Gasteiger charge is 2.36. The summed E-state index contributed by atoms with van der Waals surface area (Å²) >= 11 is 6.26. The maximum Gasteiger partial charge on any atom is 0.242 e. The van der Waals surface area contributed by atoms with Gasteiger partial charge >= 0.3 is 0 Å². The van der Waals surface area contributed by atoms with E-state index in [9.17, 15) is 4.79 Å². The van der Waals surface area contributed by atoms with Crippen LogP contribution < -0.4 is 4.90 Å². The number of ether oxygens (including phenoxy) is 1. The van der Waals surface area contributed by atoms with Crippen LogP contribution in [-0.2, 0) is 9.53 Å². The number of carbonyl (C=O) groups excluding carboxylic acids is 1. The van der Waals surface area contributed by atoms with Crippen molar-refractivity contribution in [2.45, 2.75) is 25.3 Å². The van der Waals surface area contributed by atoms with E-state index in [1.54, 1.807) is 6.20 Å². The monoisotopic (exact) mass is 378 g/mol. The lowest BCUT2D eigenvalue weighted by molar-refractivity contribution is -0.144. The van der Waals surface area contributed by atoms with Gasteiger partial charge in [0.05, 0.1) is 18.2 Å². The van der Waals surface area contributed by atoms with Crippen molar-refractivity contribution in [1.82, 2.24) is 14.8 Å². The first kappa shape index (κ1) is 18.0. The number of pyridine rings is 1. The van der Waals surface area contributed by atoms with Gasteiger partial charge in [-0.2, -0.15) is 0 Å². The van der Waals surface area contributed by atoms with E-state index in [1.807, 2.05) is 17.0 Å². The first-order valence-electron chi connectivity index (χ1n) is 9.68. The summed E-state index contributed by atoms with van der Waals surface area (Å²) in [5, 5.41) is 0.666. The molecule has 0 aromatic carbocycles. The van der Waals surface area contributed by atoms with Gasteiger partial charge in [0.2, 0.25) is 5.91 Å². The van der Waals surface area contributed by atoms with E-state index in [-0.39, 0.29) is 11.9 Å². The Bertz CT molecular complexity index is 632. The fraction of sp³-hybridized carbons (Fsp3) is 0.684. The lowest BCUT2D eigenvalue weighted by Gasteiger charge is -2.42. The minimum atomic E-state index is -0.116. The van der Waals surface area contributed by atoms with Crippen molar-refractivity contribution in [1.29, 1.82) is 0 Å². The van der Waals surface area contributed by atoms with Crippen molar-refractivity contribution >= 4 is 23.3 Å². The summed E-state index contributed by atoms with van der Waals surface area (Å²) in [6.45, 7) is 6.12. The number of aromatic nitrogens is 1. The third kappa shape index (κ3) is 3.82. The molecule has 4 rings (SSSR count). The van der Waals surface area contributed by atoms with Crippen LogP contribution in [-0.4, -0.2) is 79.2 Å². The summed E-state index contributed by atoms with van der Waals surface area (Å²) in [5.74, 6) is 1.80. The number of amides is 1. The molecule has 7 heteroatoms. The zero-order valence-electron chi connectivity index (χ0n) is 15.1. The molecular formula is C19H27ClN4O2. The molecule has 1 amide bonds. The lowest BCUT2D eigenvalue weighted by Crippen LogP contribution is -2.59. The Morgan fingerprint density at radius 2 is 2.04 bits per heavy atom. The quantitative estimate of drug-likeness (QED) is 0.800. The molecule has 1 aliphatic carbocycles. The zero-order valence-corrected chi connectivity index (χ0v) is 15.9. The van der Waals surface area contributed by atoms with Gasteiger partial charge in [0.15, 0.2) is 0 Å². The molecule has 2 saturated heterocycles. The highest BCUT2D eigenvalue weighted by atomic mass is 35.5. The highest BCUT2D eigenvalue weighted by Crippen LogP contribution is 2.29. The average Bonchev–Trinajstić information content (AvgIpc) is 2.65. The highest BCUT2D eigenvalue weighted by molar-refractivity contribution is 6.32. The van der Waals surface area contributed by atoms with Crippen LogP contribution >= 0.6 is 11.6 Å². The van der Waals surface area contributed by atoms with Gasteiger partial charge in [0, 0.05) is 45.5 Å². The van der Waals surface area contributed by atoms with Crippen molar-refractivity contribution in [3.05, 3.63) is 23.4 Å². The van der Waals surface area contributed by atoms with Gasteiger partial charge in [-0.25, -0.2) is 4.98 Å². The van der Waals surface area contributed by atoms with E-state index in [1.165, 1.54) is 19.3 Å². The second-order valence-electron chi connectivity index (χ2n) is 7.50. The SMILES string of the molecule is O=C([C@H]1COCCN1CC1CCC1)N1CCN(c2ncccc2Cl)CC1. The van der Waals surface area contributed by atoms with Crippen molar-refractivity contribution in [2.24, 2.45) is 5.92 Å². The van der Waals surface area contributed by atoms with E-state index in [4.69, 9.17) is 16.3 Å².